The highest BCUT2D eigenvalue weighted by atomic mass is 35.7. The summed E-state index contributed by atoms with van der Waals surface area (Å²) in [5.74, 6) is 0. The van der Waals surface area contributed by atoms with Crippen LogP contribution < -0.4 is 18.6 Å². The van der Waals surface area contributed by atoms with Crippen molar-refractivity contribution in [2.75, 3.05) is 0 Å². The monoisotopic (exact) mass is 579 g/mol. The summed E-state index contributed by atoms with van der Waals surface area (Å²) in [5.41, 5.74) is 5.02. The van der Waals surface area contributed by atoms with E-state index >= 15 is 0 Å². The van der Waals surface area contributed by atoms with Gasteiger partial charge < -0.3 is 0 Å². The average Bonchev–Trinajstić information content (AvgIpc) is 3.20. The second kappa shape index (κ2) is 11.3. The average molecular weight is 580 g/mol. The van der Waals surface area contributed by atoms with Gasteiger partial charge in [0.2, 0.25) is 21.1 Å². The van der Waals surface area contributed by atoms with E-state index in [-0.39, 0.29) is 21.7 Å². The standard InChI is InChI=1S/C30H42NS2.ClHO4/c1-27(2,3)23-15-19(16-24(32-23)28(4,5)6)21-13-14-22(31-21)20-17-25(29(7,8)9)33-26(18-20)30(10,11)12;2-1(3,4)5/h13-18H,1-12H3;(H,2,3,4,5)/q+1;/p-1. The number of rotatable bonds is 1. The molecule has 3 heterocycles. The molecule has 8 heteroatoms. The molecule has 1 aromatic heterocycles. The van der Waals surface area contributed by atoms with Crippen LogP contribution in [-0.4, -0.2) is 5.71 Å². The molecule has 0 saturated heterocycles. The summed E-state index contributed by atoms with van der Waals surface area (Å²) in [6.07, 6.45) is 9.08. The van der Waals surface area contributed by atoms with Crippen LogP contribution in [0.1, 0.15) is 98.4 Å². The van der Waals surface area contributed by atoms with E-state index in [0.717, 1.165) is 11.4 Å². The van der Waals surface area contributed by atoms with Crippen molar-refractivity contribution in [3.63, 3.8) is 0 Å². The zero-order valence-corrected chi connectivity index (χ0v) is 27.1. The predicted molar refractivity (Wildman–Crippen MR) is 151 cm³/mol. The minimum Gasteiger partial charge on any atom is -0.248 e. The molecule has 210 valence electrons. The normalized spacial score (nSPS) is 17.1. The van der Waals surface area contributed by atoms with Gasteiger partial charge in [0.15, 0.2) is 0 Å². The molecule has 0 spiro atoms. The SMILES string of the molecule is CC(C)(C)C1=CC(=C2C=CC(c3cc(C(C)(C)C)[s+]c(C(C)(C)C)c3)=N2)C=C(C(C)(C)C)S1.[O-][Cl+3]([O-])([O-])[O-]. The van der Waals surface area contributed by atoms with Crippen LogP contribution in [0.5, 0.6) is 0 Å². The van der Waals surface area contributed by atoms with Gasteiger partial charge in [-0.1, -0.05) is 94.8 Å². The van der Waals surface area contributed by atoms with Gasteiger partial charge in [-0.3, -0.25) is 0 Å². The van der Waals surface area contributed by atoms with Crippen molar-refractivity contribution in [1.29, 1.82) is 0 Å². The van der Waals surface area contributed by atoms with Gasteiger partial charge >= 0.3 is 0 Å². The third-order valence-corrected chi connectivity index (χ3v) is 9.58. The highest BCUT2D eigenvalue weighted by Gasteiger charge is 2.33. The number of aliphatic imine (C=N–C) groups is 1. The molecule has 1 aromatic rings. The molecule has 0 aromatic carbocycles. The summed E-state index contributed by atoms with van der Waals surface area (Å²) >= 11 is 3.86. The second-order valence-corrected chi connectivity index (χ2v) is 16.7. The van der Waals surface area contributed by atoms with Crippen molar-refractivity contribution >= 4 is 28.8 Å². The van der Waals surface area contributed by atoms with E-state index in [1.165, 1.54) is 30.7 Å². The highest BCUT2D eigenvalue weighted by molar-refractivity contribution is 8.06. The predicted octanol–water partition coefficient (Wildman–Crippen LogP) is 5.09. The Balaban J connectivity index is 0.000000926. The van der Waals surface area contributed by atoms with E-state index in [0.29, 0.717) is 0 Å². The maximum absolute atomic E-state index is 8.49. The van der Waals surface area contributed by atoms with E-state index in [1.54, 1.807) is 0 Å². The van der Waals surface area contributed by atoms with Crippen LogP contribution in [0.15, 0.2) is 62.5 Å². The Bertz CT molecular complexity index is 1140. The van der Waals surface area contributed by atoms with E-state index in [9.17, 15) is 0 Å². The molecule has 3 rings (SSSR count). The molecule has 0 unspecified atom stereocenters. The molecular weight excluding hydrogens is 538 g/mol. The molecule has 5 nitrogen and oxygen atoms in total. The Morgan fingerprint density at radius 2 is 1.05 bits per heavy atom. The third kappa shape index (κ3) is 9.70. The molecule has 0 radical (unpaired) electrons. The van der Waals surface area contributed by atoms with Crippen LogP contribution in [0, 0.1) is 21.1 Å². The first-order valence-corrected chi connectivity index (χ1v) is 15.5. The van der Waals surface area contributed by atoms with Gasteiger partial charge in [0.25, 0.3) is 0 Å². The summed E-state index contributed by atoms with van der Waals surface area (Å²) in [7, 11) is -4.94. The van der Waals surface area contributed by atoms with Crippen molar-refractivity contribution in [3.05, 3.63) is 72.8 Å². The Morgan fingerprint density at radius 3 is 1.39 bits per heavy atom. The number of nitrogens with zero attached hydrogens (tertiary/aromatic N) is 1. The largest absolute Gasteiger partial charge is 0.248 e. The summed E-state index contributed by atoms with van der Waals surface area (Å²) in [4.78, 5) is 10.8. The Morgan fingerprint density at radius 1 is 0.658 bits per heavy atom. The zero-order chi connectivity index (χ0) is 29.5. The van der Waals surface area contributed by atoms with Gasteiger partial charge in [0, 0.05) is 34.1 Å². The topological polar surface area (TPSA) is 105 Å². The fraction of sp³-hybridized carbons (Fsp3) is 0.533. The summed E-state index contributed by atoms with van der Waals surface area (Å²) < 4.78 is 34.0. The Kier molecular flexibility index (Phi) is 9.76. The van der Waals surface area contributed by atoms with Crippen LogP contribution in [0.2, 0.25) is 0 Å². The maximum atomic E-state index is 8.49. The van der Waals surface area contributed by atoms with Crippen LogP contribution in [0.4, 0.5) is 0 Å². The van der Waals surface area contributed by atoms with E-state index in [2.05, 4.69) is 120 Å². The van der Waals surface area contributed by atoms with E-state index < -0.39 is 10.2 Å². The summed E-state index contributed by atoms with van der Waals surface area (Å²) in [6, 6.07) is 4.69. The molecule has 0 fully saturated rings. The van der Waals surface area contributed by atoms with Crippen molar-refractivity contribution in [1.82, 2.24) is 0 Å². The van der Waals surface area contributed by atoms with Crippen LogP contribution in [-0.2, 0) is 10.8 Å². The van der Waals surface area contributed by atoms with Crippen molar-refractivity contribution < 1.29 is 28.9 Å². The first-order chi connectivity index (χ1) is 16.9. The molecule has 2 aliphatic rings. The minimum atomic E-state index is -4.94. The van der Waals surface area contributed by atoms with Gasteiger partial charge in [0.1, 0.15) is 0 Å². The molecule has 38 heavy (non-hydrogen) atoms. The third-order valence-electron chi connectivity index (χ3n) is 5.77. The van der Waals surface area contributed by atoms with Crippen LogP contribution in [0.3, 0.4) is 0 Å². The van der Waals surface area contributed by atoms with Gasteiger partial charge in [-0.2, -0.15) is 0 Å². The maximum Gasteiger partial charge on any atom is 0.219 e. The fourth-order valence-electron chi connectivity index (χ4n) is 3.46. The van der Waals surface area contributed by atoms with Gasteiger partial charge in [-0.15, -0.1) is 10.2 Å². The minimum absolute atomic E-state index is 0.111. The molecule has 2 aliphatic heterocycles. The number of hydrogen-bond donors (Lipinski definition) is 0. The van der Waals surface area contributed by atoms with Crippen molar-refractivity contribution in [2.45, 2.75) is 93.9 Å². The lowest BCUT2D eigenvalue weighted by Crippen LogP contribution is -2.68. The van der Waals surface area contributed by atoms with Gasteiger partial charge in [-0.25, -0.2) is 23.6 Å². The Labute approximate surface area is 239 Å². The number of hydrogen-bond acceptors (Lipinski definition) is 6. The quantitative estimate of drug-likeness (QED) is 0.431. The Hall–Kier alpha value is -1.32. The highest BCUT2D eigenvalue weighted by Crippen LogP contribution is 2.49. The van der Waals surface area contributed by atoms with Gasteiger partial charge in [0.05, 0.1) is 11.4 Å². The summed E-state index contributed by atoms with van der Waals surface area (Å²) in [5, 5.41) is 0. The lowest BCUT2D eigenvalue weighted by atomic mass is 9.91. The van der Waals surface area contributed by atoms with E-state index in [4.69, 9.17) is 23.6 Å². The van der Waals surface area contributed by atoms with E-state index in [1.807, 2.05) is 23.1 Å². The molecule has 0 bridgehead atoms. The molecule has 0 N–H and O–H groups in total. The zero-order valence-electron chi connectivity index (χ0n) is 24.7. The molecular formula is C30H42ClNO4S2. The first kappa shape index (κ1) is 32.9. The van der Waals surface area contributed by atoms with Gasteiger partial charge in [-0.05, 0) is 44.9 Å². The molecule has 0 aliphatic carbocycles. The van der Waals surface area contributed by atoms with Crippen LogP contribution in [0.25, 0.3) is 0 Å². The van der Waals surface area contributed by atoms with Crippen molar-refractivity contribution in [3.8, 4) is 0 Å². The second-order valence-electron chi connectivity index (χ2n) is 13.7. The lowest BCUT2D eigenvalue weighted by molar-refractivity contribution is -2.00. The smallest absolute Gasteiger partial charge is 0.219 e. The fourth-order valence-corrected chi connectivity index (χ4v) is 5.90. The summed E-state index contributed by atoms with van der Waals surface area (Å²) in [6.45, 7) is 27.6. The number of allylic oxidation sites excluding steroid dienone is 7. The van der Waals surface area contributed by atoms with Crippen molar-refractivity contribution in [2.24, 2.45) is 15.8 Å². The number of halogens is 1. The lowest BCUT2D eigenvalue weighted by Gasteiger charge is -2.32. The molecule has 0 saturated carbocycles. The molecule has 0 atom stereocenters. The number of thioether (sulfide) groups is 1. The molecule has 0 amide bonds. The van der Waals surface area contributed by atoms with Crippen LogP contribution >= 0.6 is 23.1 Å². The first-order valence-electron chi connectivity index (χ1n) is 12.6.